The molecule has 5 heteroatoms. The molecule has 1 aromatic carbocycles. The van der Waals surface area contributed by atoms with Crippen molar-refractivity contribution in [1.82, 2.24) is 4.98 Å². The number of halogens is 2. The largest absolute Gasteiger partial charge is 0.339 e. The van der Waals surface area contributed by atoms with Gasteiger partial charge in [0.05, 0.1) is 5.69 Å². The van der Waals surface area contributed by atoms with Crippen molar-refractivity contribution in [3.8, 4) is 6.07 Å². The summed E-state index contributed by atoms with van der Waals surface area (Å²) in [6.45, 7) is 0. The van der Waals surface area contributed by atoms with Crippen molar-refractivity contribution < 1.29 is 0 Å². The van der Waals surface area contributed by atoms with Gasteiger partial charge >= 0.3 is 0 Å². The zero-order chi connectivity index (χ0) is 12.3. The molecule has 2 rings (SSSR count). The molecule has 0 amide bonds. The number of benzene rings is 1. The summed E-state index contributed by atoms with van der Waals surface area (Å²) in [5.41, 5.74) is 1.30. The van der Waals surface area contributed by atoms with Crippen LogP contribution in [-0.4, -0.2) is 4.98 Å². The number of aromatic nitrogens is 1. The number of anilines is 2. The first-order valence-corrected chi connectivity index (χ1v) is 6.24. The predicted molar refractivity (Wildman–Crippen MR) is 76.4 cm³/mol. The van der Waals surface area contributed by atoms with Crippen molar-refractivity contribution in [3.63, 3.8) is 0 Å². The van der Waals surface area contributed by atoms with Crippen LogP contribution in [0.5, 0.6) is 0 Å². The molecule has 2 aromatic rings. The molecule has 0 fully saturated rings. The zero-order valence-electron chi connectivity index (χ0n) is 8.61. The van der Waals surface area contributed by atoms with Crippen molar-refractivity contribution in [2.45, 2.75) is 0 Å². The predicted octanol–water partition coefficient (Wildman–Crippen LogP) is 3.95. The van der Waals surface area contributed by atoms with Crippen molar-refractivity contribution in [3.05, 3.63) is 50.7 Å². The van der Waals surface area contributed by atoms with Crippen LogP contribution < -0.4 is 5.32 Å². The van der Waals surface area contributed by atoms with Crippen LogP contribution in [0, 0.1) is 14.9 Å². The molecule has 0 radical (unpaired) electrons. The van der Waals surface area contributed by atoms with Gasteiger partial charge in [0.1, 0.15) is 17.6 Å². The summed E-state index contributed by atoms with van der Waals surface area (Å²) in [4.78, 5) is 4.14. The summed E-state index contributed by atoms with van der Waals surface area (Å²) in [5, 5.41) is 12.6. The van der Waals surface area contributed by atoms with E-state index in [0.29, 0.717) is 16.5 Å². The molecule has 0 atom stereocenters. The molecule has 0 bridgehead atoms. The van der Waals surface area contributed by atoms with Crippen LogP contribution in [0.3, 0.4) is 0 Å². The minimum Gasteiger partial charge on any atom is -0.339 e. The Balaban J connectivity index is 2.28. The molecule has 84 valence electrons. The van der Waals surface area contributed by atoms with Gasteiger partial charge in [-0.2, -0.15) is 5.26 Å². The molecule has 1 aromatic heterocycles. The van der Waals surface area contributed by atoms with E-state index in [1.807, 2.05) is 24.3 Å². The third kappa shape index (κ3) is 3.08. The number of hydrogen-bond acceptors (Lipinski definition) is 3. The minimum absolute atomic E-state index is 0.388. The van der Waals surface area contributed by atoms with E-state index in [2.05, 4.69) is 32.9 Å². The smallest absolute Gasteiger partial charge is 0.142 e. The zero-order valence-corrected chi connectivity index (χ0v) is 11.5. The molecular weight excluding hydrogens is 349 g/mol. The number of rotatable bonds is 2. The minimum atomic E-state index is 0.388. The molecule has 0 aliphatic rings. The first-order valence-electron chi connectivity index (χ1n) is 4.78. The van der Waals surface area contributed by atoms with E-state index in [4.69, 9.17) is 16.9 Å². The van der Waals surface area contributed by atoms with Crippen LogP contribution in [0.4, 0.5) is 11.5 Å². The van der Waals surface area contributed by atoms with E-state index < -0.39 is 0 Å². The fourth-order valence-corrected chi connectivity index (χ4v) is 2.30. The summed E-state index contributed by atoms with van der Waals surface area (Å²) in [5.74, 6) is 0.643. The van der Waals surface area contributed by atoms with Crippen LogP contribution in [-0.2, 0) is 0 Å². The lowest BCUT2D eigenvalue weighted by molar-refractivity contribution is 1.25. The van der Waals surface area contributed by atoms with E-state index >= 15 is 0 Å². The van der Waals surface area contributed by atoms with Gasteiger partial charge in [-0.1, -0.05) is 17.7 Å². The average Bonchev–Trinajstić information content (AvgIpc) is 2.33. The van der Waals surface area contributed by atoms with Gasteiger partial charge in [0.2, 0.25) is 0 Å². The van der Waals surface area contributed by atoms with Gasteiger partial charge in [-0.25, -0.2) is 4.98 Å². The van der Waals surface area contributed by atoms with Crippen LogP contribution in [0.1, 0.15) is 5.69 Å². The highest BCUT2D eigenvalue weighted by Crippen LogP contribution is 2.24. The third-order valence-corrected chi connectivity index (χ3v) is 3.19. The van der Waals surface area contributed by atoms with Crippen molar-refractivity contribution in [2.75, 3.05) is 5.32 Å². The van der Waals surface area contributed by atoms with Crippen LogP contribution >= 0.6 is 34.2 Å². The van der Waals surface area contributed by atoms with Gasteiger partial charge in [0.15, 0.2) is 0 Å². The Morgan fingerprint density at radius 2 is 2.12 bits per heavy atom. The molecule has 0 saturated carbocycles. The molecule has 3 nitrogen and oxygen atoms in total. The summed E-state index contributed by atoms with van der Waals surface area (Å²) >= 11 is 8.07. The van der Waals surface area contributed by atoms with Crippen LogP contribution in [0.15, 0.2) is 36.4 Å². The second-order valence-electron chi connectivity index (χ2n) is 3.27. The van der Waals surface area contributed by atoms with Gasteiger partial charge in [0.25, 0.3) is 0 Å². The second-order valence-corrected chi connectivity index (χ2v) is 4.87. The molecule has 17 heavy (non-hydrogen) atoms. The number of nitriles is 1. The monoisotopic (exact) mass is 355 g/mol. The molecule has 0 saturated heterocycles. The lowest BCUT2D eigenvalue weighted by atomic mass is 10.3. The fraction of sp³-hybridized carbons (Fsp3) is 0. The van der Waals surface area contributed by atoms with Crippen molar-refractivity contribution in [2.24, 2.45) is 0 Å². The maximum atomic E-state index is 8.76. The van der Waals surface area contributed by atoms with Crippen molar-refractivity contribution >= 4 is 45.7 Å². The summed E-state index contributed by atoms with van der Waals surface area (Å²) in [6.07, 6.45) is 0. The van der Waals surface area contributed by atoms with Gasteiger partial charge in [-0.05, 0) is 52.9 Å². The third-order valence-electron chi connectivity index (χ3n) is 2.06. The highest BCUT2D eigenvalue weighted by molar-refractivity contribution is 14.1. The molecule has 1 N–H and O–H groups in total. The molecule has 0 spiro atoms. The number of nitrogens with one attached hydrogen (secondary N) is 1. The maximum Gasteiger partial charge on any atom is 0.142 e. The molecule has 0 unspecified atom stereocenters. The summed E-state index contributed by atoms with van der Waals surface area (Å²) in [6, 6.07) is 12.8. The Hall–Kier alpha value is -1.32. The lowest BCUT2D eigenvalue weighted by Gasteiger charge is -2.07. The lowest BCUT2D eigenvalue weighted by Crippen LogP contribution is -1.96. The molecular formula is C12H7ClIN3. The number of pyridine rings is 1. The highest BCUT2D eigenvalue weighted by Gasteiger charge is 2.02. The summed E-state index contributed by atoms with van der Waals surface area (Å²) in [7, 11) is 0. The molecule has 0 aliphatic heterocycles. The Labute approximate surface area is 118 Å². The van der Waals surface area contributed by atoms with E-state index in [9.17, 15) is 0 Å². The number of hydrogen-bond donors (Lipinski definition) is 1. The maximum absolute atomic E-state index is 8.76. The van der Waals surface area contributed by atoms with Crippen LogP contribution in [0.25, 0.3) is 0 Å². The highest BCUT2D eigenvalue weighted by atomic mass is 127. The Morgan fingerprint density at radius 1 is 1.29 bits per heavy atom. The van der Waals surface area contributed by atoms with Gasteiger partial charge in [-0.15, -0.1) is 0 Å². The van der Waals surface area contributed by atoms with E-state index in [1.54, 1.807) is 18.2 Å². The molecule has 0 aliphatic carbocycles. The Kier molecular flexibility index (Phi) is 3.82. The summed E-state index contributed by atoms with van der Waals surface area (Å²) < 4.78 is 0.999. The van der Waals surface area contributed by atoms with Gasteiger partial charge in [0, 0.05) is 8.59 Å². The topological polar surface area (TPSA) is 48.7 Å². The average molecular weight is 356 g/mol. The van der Waals surface area contributed by atoms with Gasteiger partial charge in [-0.3, -0.25) is 0 Å². The van der Waals surface area contributed by atoms with Gasteiger partial charge < -0.3 is 5.32 Å². The number of nitrogens with zero attached hydrogens (tertiary/aromatic N) is 2. The van der Waals surface area contributed by atoms with E-state index in [-0.39, 0.29) is 0 Å². The second kappa shape index (κ2) is 5.34. The van der Waals surface area contributed by atoms with Crippen molar-refractivity contribution in [1.29, 1.82) is 5.26 Å². The SMILES string of the molecule is N#Cc1cccc(Nc2ccc(Cl)cc2I)n1. The first kappa shape index (κ1) is 12.1. The van der Waals surface area contributed by atoms with Crippen LogP contribution in [0.2, 0.25) is 5.02 Å². The Bertz CT molecular complexity index is 593. The quantitative estimate of drug-likeness (QED) is 0.830. The Morgan fingerprint density at radius 3 is 2.82 bits per heavy atom. The van der Waals surface area contributed by atoms with E-state index in [1.165, 1.54) is 0 Å². The fourth-order valence-electron chi connectivity index (χ4n) is 1.30. The normalized spacial score (nSPS) is 9.71. The van der Waals surface area contributed by atoms with E-state index in [0.717, 1.165) is 9.26 Å². The standard InChI is InChI=1S/C12H7ClIN3/c13-8-4-5-11(10(14)6-8)17-12-3-1-2-9(7-15)16-12/h1-6H,(H,16,17). The molecule has 1 heterocycles. The first-order chi connectivity index (χ1) is 8.19.